The number of aryl methyl sites for hydroxylation is 2. The average molecular weight is 402 g/mol. The summed E-state index contributed by atoms with van der Waals surface area (Å²) >= 11 is 0. The first-order valence-corrected chi connectivity index (χ1v) is 9.53. The predicted molar refractivity (Wildman–Crippen MR) is 116 cm³/mol. The number of methoxy groups -OCH3 is 1. The third-order valence-electron chi connectivity index (χ3n) is 5.31. The molecule has 7 nitrogen and oxygen atoms in total. The summed E-state index contributed by atoms with van der Waals surface area (Å²) in [4.78, 5) is 25.1. The van der Waals surface area contributed by atoms with Crippen molar-refractivity contribution in [3.63, 3.8) is 0 Å². The summed E-state index contributed by atoms with van der Waals surface area (Å²) < 4.78 is 8.74. The van der Waals surface area contributed by atoms with E-state index < -0.39 is 0 Å². The van der Waals surface area contributed by atoms with Crippen molar-refractivity contribution in [3.05, 3.63) is 82.0 Å². The summed E-state index contributed by atoms with van der Waals surface area (Å²) in [7, 11) is 3.21. The van der Waals surface area contributed by atoms with Crippen molar-refractivity contribution in [1.82, 2.24) is 19.7 Å². The minimum atomic E-state index is -0.206. The first-order valence-electron chi connectivity index (χ1n) is 9.53. The normalized spacial score (nSPS) is 10.9. The Hall–Kier alpha value is -3.87. The van der Waals surface area contributed by atoms with Crippen LogP contribution in [0.5, 0.6) is 5.75 Å². The van der Waals surface area contributed by atoms with Gasteiger partial charge in [0, 0.05) is 41.1 Å². The quantitative estimate of drug-likeness (QED) is 0.569. The van der Waals surface area contributed by atoms with Crippen molar-refractivity contribution in [2.24, 2.45) is 0 Å². The van der Waals surface area contributed by atoms with Crippen molar-refractivity contribution in [2.75, 3.05) is 14.2 Å². The van der Waals surface area contributed by atoms with Crippen LogP contribution in [0.4, 0.5) is 0 Å². The number of fused-ring (bicyclic) bond motifs is 1. The number of hydrogen-bond donors (Lipinski definition) is 1. The van der Waals surface area contributed by atoms with E-state index in [1.807, 2.05) is 42.7 Å². The highest BCUT2D eigenvalue weighted by molar-refractivity contribution is 5.94. The Kier molecular flexibility index (Phi) is 4.87. The number of carbonyl (C=O) groups excluding carboxylic acids is 1. The maximum atomic E-state index is 13.3. The molecular weight excluding hydrogens is 380 g/mol. The monoisotopic (exact) mass is 402 g/mol. The summed E-state index contributed by atoms with van der Waals surface area (Å²) in [5, 5.41) is 8.38. The number of carbonyl (C=O) groups is 1. The summed E-state index contributed by atoms with van der Waals surface area (Å²) in [6.45, 7) is 3.90. The molecule has 2 aromatic heterocycles. The highest BCUT2D eigenvalue weighted by atomic mass is 16.5. The highest BCUT2D eigenvalue weighted by Crippen LogP contribution is 2.27. The lowest BCUT2D eigenvalue weighted by Gasteiger charge is -2.10. The topological polar surface area (TPSA) is 78.2 Å². The Labute approximate surface area is 173 Å². The zero-order valence-electron chi connectivity index (χ0n) is 17.3. The maximum absolute atomic E-state index is 13.3. The van der Waals surface area contributed by atoms with Gasteiger partial charge in [0.2, 0.25) is 0 Å². The number of nitrogens with zero attached hydrogens (tertiary/aromatic N) is 3. The van der Waals surface area contributed by atoms with E-state index in [0.717, 1.165) is 28.2 Å². The number of ether oxygens (including phenoxy) is 1. The molecule has 0 fully saturated rings. The van der Waals surface area contributed by atoms with Gasteiger partial charge in [-0.15, -0.1) is 0 Å². The maximum Gasteiger partial charge on any atom is 0.281 e. The molecule has 0 saturated carbocycles. The Morgan fingerprint density at radius 3 is 2.43 bits per heavy atom. The van der Waals surface area contributed by atoms with Crippen molar-refractivity contribution in [1.29, 1.82) is 0 Å². The molecular formula is C23H22N4O3. The fourth-order valence-electron chi connectivity index (χ4n) is 3.78. The minimum absolute atomic E-state index is 0.181. The van der Waals surface area contributed by atoms with Crippen LogP contribution in [0.25, 0.3) is 22.1 Å². The lowest BCUT2D eigenvalue weighted by molar-refractivity contribution is 0.0963. The Morgan fingerprint density at radius 1 is 1.03 bits per heavy atom. The number of rotatable bonds is 4. The molecule has 0 spiro atoms. The lowest BCUT2D eigenvalue weighted by atomic mass is 10.2. The molecule has 1 amide bonds. The fourth-order valence-corrected chi connectivity index (χ4v) is 3.78. The summed E-state index contributed by atoms with van der Waals surface area (Å²) in [6, 6.07) is 14.5. The molecule has 4 rings (SSSR count). The van der Waals surface area contributed by atoms with E-state index in [1.54, 1.807) is 44.6 Å². The third kappa shape index (κ3) is 3.04. The SMILES string of the molecule is CNC(=O)c1ccc(-n2ncc3c(C)n(-c4cccc(OC)c4)c(C)c3c2=O)cc1. The van der Waals surface area contributed by atoms with E-state index in [0.29, 0.717) is 16.6 Å². The highest BCUT2D eigenvalue weighted by Gasteiger charge is 2.18. The lowest BCUT2D eigenvalue weighted by Crippen LogP contribution is -2.21. The van der Waals surface area contributed by atoms with Gasteiger partial charge in [-0.3, -0.25) is 9.59 Å². The standard InChI is InChI=1S/C23H22N4O3/c1-14-20-13-25-27(17-10-8-16(9-11-17)22(28)24-3)23(29)21(20)15(2)26(14)18-6-5-7-19(12-18)30-4/h5-13H,1-4H3,(H,24,28). The number of nitrogens with one attached hydrogen (secondary N) is 1. The second-order valence-corrected chi connectivity index (χ2v) is 6.98. The largest absolute Gasteiger partial charge is 0.497 e. The molecule has 4 aromatic rings. The van der Waals surface area contributed by atoms with Gasteiger partial charge in [-0.2, -0.15) is 9.78 Å². The summed E-state index contributed by atoms with van der Waals surface area (Å²) in [6.07, 6.45) is 1.71. The minimum Gasteiger partial charge on any atom is -0.497 e. The second-order valence-electron chi connectivity index (χ2n) is 6.98. The van der Waals surface area contributed by atoms with Crippen molar-refractivity contribution >= 4 is 16.7 Å². The van der Waals surface area contributed by atoms with E-state index in [9.17, 15) is 9.59 Å². The van der Waals surface area contributed by atoms with Crippen LogP contribution < -0.4 is 15.6 Å². The van der Waals surface area contributed by atoms with E-state index in [4.69, 9.17) is 4.74 Å². The third-order valence-corrected chi connectivity index (χ3v) is 5.31. The average Bonchev–Trinajstić information content (AvgIpc) is 3.04. The van der Waals surface area contributed by atoms with Crippen LogP contribution in [-0.4, -0.2) is 34.4 Å². The number of hydrogen-bond acceptors (Lipinski definition) is 4. The van der Waals surface area contributed by atoms with Crippen molar-refractivity contribution in [3.8, 4) is 17.1 Å². The van der Waals surface area contributed by atoms with Gasteiger partial charge in [-0.1, -0.05) is 6.07 Å². The van der Waals surface area contributed by atoms with Crippen LogP contribution in [0.3, 0.4) is 0 Å². The first kappa shape index (κ1) is 19.4. The van der Waals surface area contributed by atoms with Gasteiger partial charge in [-0.05, 0) is 50.2 Å². The second kappa shape index (κ2) is 7.51. The molecule has 0 bridgehead atoms. The van der Waals surface area contributed by atoms with Crippen molar-refractivity contribution in [2.45, 2.75) is 13.8 Å². The van der Waals surface area contributed by atoms with Crippen LogP contribution in [0.15, 0.2) is 59.5 Å². The van der Waals surface area contributed by atoms with Crippen LogP contribution in [-0.2, 0) is 0 Å². The van der Waals surface area contributed by atoms with Gasteiger partial charge in [-0.25, -0.2) is 0 Å². The van der Waals surface area contributed by atoms with E-state index in [1.165, 1.54) is 4.68 Å². The summed E-state index contributed by atoms with van der Waals surface area (Å²) in [5.74, 6) is 0.565. The fraction of sp³-hybridized carbons (Fsp3) is 0.174. The molecule has 0 saturated heterocycles. The van der Waals surface area contributed by atoms with Gasteiger partial charge < -0.3 is 14.6 Å². The Balaban J connectivity index is 1.88. The van der Waals surface area contributed by atoms with E-state index in [-0.39, 0.29) is 11.5 Å². The molecule has 1 N–H and O–H groups in total. The first-order chi connectivity index (χ1) is 14.5. The number of amides is 1. The summed E-state index contributed by atoms with van der Waals surface area (Å²) in [5.41, 5.74) is 3.59. The molecule has 0 aliphatic carbocycles. The molecule has 0 radical (unpaired) electrons. The molecule has 30 heavy (non-hydrogen) atoms. The number of aromatic nitrogens is 3. The van der Waals surface area contributed by atoms with Crippen molar-refractivity contribution < 1.29 is 9.53 Å². The molecule has 0 unspecified atom stereocenters. The molecule has 7 heteroatoms. The molecule has 0 aliphatic rings. The number of benzene rings is 2. The zero-order chi connectivity index (χ0) is 21.4. The van der Waals surface area contributed by atoms with Crippen LogP contribution in [0.2, 0.25) is 0 Å². The zero-order valence-corrected chi connectivity index (χ0v) is 17.3. The van der Waals surface area contributed by atoms with Crippen LogP contribution in [0, 0.1) is 13.8 Å². The predicted octanol–water partition coefficient (Wildman–Crippen LogP) is 3.16. The van der Waals surface area contributed by atoms with E-state index >= 15 is 0 Å². The van der Waals surface area contributed by atoms with E-state index in [2.05, 4.69) is 10.4 Å². The van der Waals surface area contributed by atoms with Crippen LogP contribution >= 0.6 is 0 Å². The Bertz CT molecular complexity index is 1320. The van der Waals surface area contributed by atoms with Gasteiger partial charge in [0.15, 0.2) is 0 Å². The van der Waals surface area contributed by atoms with Gasteiger partial charge in [0.25, 0.3) is 11.5 Å². The van der Waals surface area contributed by atoms with Gasteiger partial charge in [0.05, 0.1) is 24.4 Å². The molecule has 2 aromatic carbocycles. The van der Waals surface area contributed by atoms with Crippen LogP contribution in [0.1, 0.15) is 21.7 Å². The molecule has 0 aliphatic heterocycles. The van der Waals surface area contributed by atoms with Gasteiger partial charge >= 0.3 is 0 Å². The smallest absolute Gasteiger partial charge is 0.281 e. The van der Waals surface area contributed by atoms with Gasteiger partial charge in [0.1, 0.15) is 5.75 Å². The molecule has 2 heterocycles. The molecule has 152 valence electrons. The Morgan fingerprint density at radius 2 is 1.77 bits per heavy atom. The molecule has 0 atom stereocenters.